The quantitative estimate of drug-likeness (QED) is 0.793. The number of nitrogens with two attached hydrogens (primary N) is 1. The van der Waals surface area contributed by atoms with E-state index in [1.165, 1.54) is 0 Å². The van der Waals surface area contributed by atoms with E-state index in [4.69, 9.17) is 10.2 Å². The number of nitrogen functional groups attached to an aromatic ring is 1. The molecule has 2 aromatic heterocycles. The minimum absolute atomic E-state index is 0.0675. The van der Waals surface area contributed by atoms with E-state index in [2.05, 4.69) is 15.2 Å². The first kappa shape index (κ1) is 9.45. The molecule has 0 aromatic carbocycles. The van der Waals surface area contributed by atoms with Crippen LogP contribution in [0.15, 0.2) is 28.8 Å². The molecule has 0 aliphatic rings. The molecule has 78 valence electrons. The Bertz CT molecular complexity index is 427. The molecule has 0 unspecified atom stereocenters. The lowest BCUT2D eigenvalue weighted by atomic mass is 10.3. The van der Waals surface area contributed by atoms with Crippen molar-refractivity contribution in [2.24, 2.45) is 0 Å². The predicted octanol–water partition coefficient (Wildman–Crippen LogP) is 0.683. The van der Waals surface area contributed by atoms with Crippen molar-refractivity contribution in [3.63, 3.8) is 0 Å². The first-order chi connectivity index (χ1) is 7.25. The molecule has 0 spiro atoms. The second kappa shape index (κ2) is 3.95. The van der Waals surface area contributed by atoms with Gasteiger partial charge < -0.3 is 15.1 Å². The van der Waals surface area contributed by atoms with Crippen molar-refractivity contribution in [2.45, 2.75) is 6.54 Å². The van der Waals surface area contributed by atoms with Crippen LogP contribution in [0, 0.1) is 0 Å². The number of hydrogen-bond donors (Lipinski definition) is 1. The lowest BCUT2D eigenvalue weighted by molar-refractivity contribution is 0.558. The second-order valence-electron chi connectivity index (χ2n) is 3.10. The molecule has 2 rings (SSSR count). The first-order valence-corrected chi connectivity index (χ1v) is 4.46. The van der Waals surface area contributed by atoms with Gasteiger partial charge in [0.25, 0.3) is 0 Å². The Morgan fingerprint density at radius 3 is 2.87 bits per heavy atom. The molecule has 6 nitrogen and oxygen atoms in total. The fourth-order valence-corrected chi connectivity index (χ4v) is 1.18. The van der Waals surface area contributed by atoms with Crippen LogP contribution in [0.4, 0.5) is 12.0 Å². The summed E-state index contributed by atoms with van der Waals surface area (Å²) in [6.07, 6.45) is 1.74. The highest BCUT2D eigenvalue weighted by molar-refractivity contribution is 5.27. The summed E-state index contributed by atoms with van der Waals surface area (Å²) in [5.74, 6) is 0. The molecule has 0 saturated carbocycles. The lowest BCUT2D eigenvalue weighted by Crippen LogP contribution is -2.17. The molecular weight excluding hydrogens is 194 g/mol. The molecule has 2 aromatic rings. The van der Waals surface area contributed by atoms with Gasteiger partial charge in [-0.05, 0) is 12.1 Å². The van der Waals surface area contributed by atoms with Gasteiger partial charge in [0.05, 0.1) is 12.2 Å². The van der Waals surface area contributed by atoms with E-state index in [9.17, 15) is 0 Å². The Morgan fingerprint density at radius 1 is 1.40 bits per heavy atom. The van der Waals surface area contributed by atoms with Gasteiger partial charge in [0.2, 0.25) is 0 Å². The first-order valence-electron chi connectivity index (χ1n) is 4.46. The lowest BCUT2D eigenvalue weighted by Gasteiger charge is -2.12. The largest absolute Gasteiger partial charge is 0.390 e. The fraction of sp³-hybridized carbons (Fsp3) is 0.222. The molecule has 0 bridgehead atoms. The molecule has 0 atom stereocenters. The average molecular weight is 205 g/mol. The summed E-state index contributed by atoms with van der Waals surface area (Å²) in [5, 5.41) is 7.35. The zero-order chi connectivity index (χ0) is 10.7. The van der Waals surface area contributed by atoms with Crippen molar-refractivity contribution >= 4 is 12.0 Å². The van der Waals surface area contributed by atoms with Crippen molar-refractivity contribution in [1.82, 2.24) is 15.2 Å². The Labute approximate surface area is 86.7 Å². The molecular formula is C9H11N5O. The maximum atomic E-state index is 5.33. The van der Waals surface area contributed by atoms with Crippen LogP contribution >= 0.6 is 0 Å². The van der Waals surface area contributed by atoms with E-state index < -0.39 is 0 Å². The van der Waals surface area contributed by atoms with Crippen LogP contribution in [-0.4, -0.2) is 22.2 Å². The molecule has 15 heavy (non-hydrogen) atoms. The SMILES string of the molecule is CN(Cc1ccccn1)c1nnc(N)o1. The number of nitrogens with zero attached hydrogens (tertiary/aromatic N) is 4. The summed E-state index contributed by atoms with van der Waals surface area (Å²) in [7, 11) is 1.83. The van der Waals surface area contributed by atoms with Gasteiger partial charge in [-0.15, -0.1) is 0 Å². The van der Waals surface area contributed by atoms with Crippen molar-refractivity contribution in [3.8, 4) is 0 Å². The van der Waals surface area contributed by atoms with Gasteiger partial charge in [-0.25, -0.2) is 0 Å². The summed E-state index contributed by atoms with van der Waals surface area (Å²) in [6.45, 7) is 0.600. The standard InChI is InChI=1S/C9H11N5O/c1-14(9-13-12-8(10)15-9)6-7-4-2-3-5-11-7/h2-5H,6H2,1H3,(H2,10,12). The third kappa shape index (κ3) is 2.22. The van der Waals surface area contributed by atoms with Crippen LogP contribution in [0.1, 0.15) is 5.69 Å². The van der Waals surface area contributed by atoms with Gasteiger partial charge in [-0.2, -0.15) is 0 Å². The van der Waals surface area contributed by atoms with Crippen molar-refractivity contribution < 1.29 is 4.42 Å². The number of rotatable bonds is 3. The van der Waals surface area contributed by atoms with Crippen LogP contribution in [0.5, 0.6) is 0 Å². The van der Waals surface area contributed by atoms with Gasteiger partial charge in [0.1, 0.15) is 0 Å². The van der Waals surface area contributed by atoms with Crippen LogP contribution in [-0.2, 0) is 6.54 Å². The van der Waals surface area contributed by atoms with Gasteiger partial charge in [0, 0.05) is 13.2 Å². The van der Waals surface area contributed by atoms with Gasteiger partial charge in [0.15, 0.2) is 0 Å². The molecule has 2 heterocycles. The van der Waals surface area contributed by atoms with E-state index >= 15 is 0 Å². The van der Waals surface area contributed by atoms with E-state index in [0.29, 0.717) is 12.6 Å². The highest BCUT2D eigenvalue weighted by Gasteiger charge is 2.09. The third-order valence-corrected chi connectivity index (χ3v) is 1.88. The van der Waals surface area contributed by atoms with Crippen LogP contribution in [0.25, 0.3) is 0 Å². The van der Waals surface area contributed by atoms with Crippen LogP contribution in [0.2, 0.25) is 0 Å². The van der Waals surface area contributed by atoms with Crippen molar-refractivity contribution in [3.05, 3.63) is 30.1 Å². The third-order valence-electron chi connectivity index (χ3n) is 1.88. The van der Waals surface area contributed by atoms with E-state index in [0.717, 1.165) is 5.69 Å². The molecule has 0 saturated heterocycles. The average Bonchev–Trinajstić information content (AvgIpc) is 2.66. The van der Waals surface area contributed by atoms with Crippen molar-refractivity contribution in [2.75, 3.05) is 17.7 Å². The molecule has 2 N–H and O–H groups in total. The summed E-state index contributed by atoms with van der Waals surface area (Å²) in [6, 6.07) is 6.18. The van der Waals surface area contributed by atoms with Crippen LogP contribution < -0.4 is 10.6 Å². The highest BCUT2D eigenvalue weighted by atomic mass is 16.4. The smallest absolute Gasteiger partial charge is 0.319 e. The Morgan fingerprint density at radius 2 is 2.27 bits per heavy atom. The molecule has 0 radical (unpaired) electrons. The summed E-state index contributed by atoms with van der Waals surface area (Å²) in [4.78, 5) is 5.97. The molecule has 0 aliphatic carbocycles. The molecule has 6 heteroatoms. The number of pyridine rings is 1. The minimum atomic E-state index is 0.0675. The molecule has 0 aliphatic heterocycles. The Balaban J connectivity index is 2.07. The predicted molar refractivity (Wildman–Crippen MR) is 55.1 cm³/mol. The number of anilines is 2. The number of aromatic nitrogens is 3. The summed E-state index contributed by atoms with van der Waals surface area (Å²) in [5.41, 5.74) is 6.25. The Hall–Kier alpha value is -2.11. The zero-order valence-corrected chi connectivity index (χ0v) is 8.29. The highest BCUT2D eigenvalue weighted by Crippen LogP contribution is 2.13. The summed E-state index contributed by atoms with van der Waals surface area (Å²) < 4.78 is 5.07. The zero-order valence-electron chi connectivity index (χ0n) is 8.29. The van der Waals surface area contributed by atoms with E-state index in [1.54, 1.807) is 11.1 Å². The maximum Gasteiger partial charge on any atom is 0.319 e. The van der Waals surface area contributed by atoms with Gasteiger partial charge in [-0.1, -0.05) is 16.3 Å². The van der Waals surface area contributed by atoms with Crippen molar-refractivity contribution in [1.29, 1.82) is 0 Å². The Kier molecular flexibility index (Phi) is 2.49. The van der Waals surface area contributed by atoms with E-state index in [1.807, 2.05) is 25.2 Å². The minimum Gasteiger partial charge on any atom is -0.390 e. The second-order valence-corrected chi connectivity index (χ2v) is 3.10. The molecule has 0 amide bonds. The molecule has 0 fully saturated rings. The van der Waals surface area contributed by atoms with Gasteiger partial charge >= 0.3 is 12.0 Å². The normalized spacial score (nSPS) is 10.2. The van der Waals surface area contributed by atoms with E-state index in [-0.39, 0.29) is 6.01 Å². The fourth-order valence-electron chi connectivity index (χ4n) is 1.18. The van der Waals surface area contributed by atoms with Gasteiger partial charge in [-0.3, -0.25) is 4.98 Å². The number of hydrogen-bond acceptors (Lipinski definition) is 6. The topological polar surface area (TPSA) is 81.1 Å². The summed E-state index contributed by atoms with van der Waals surface area (Å²) >= 11 is 0. The van der Waals surface area contributed by atoms with Crippen LogP contribution in [0.3, 0.4) is 0 Å². The monoisotopic (exact) mass is 205 g/mol. The maximum absolute atomic E-state index is 5.33.